The van der Waals surface area contributed by atoms with Gasteiger partial charge in [0, 0.05) is 5.38 Å². The quantitative estimate of drug-likeness (QED) is 0.508. The lowest BCUT2D eigenvalue weighted by atomic mass is 10.2. The van der Waals surface area contributed by atoms with Gasteiger partial charge in [-0.3, -0.25) is 4.99 Å². The molecule has 2 aromatic heterocycles. The minimum Gasteiger partial charge on any atom is -0.463 e. The number of nitrogens with zero attached hydrogens (tertiary/aromatic N) is 3. The fourth-order valence-corrected chi connectivity index (χ4v) is 2.83. The van der Waals surface area contributed by atoms with Crippen LogP contribution in [-0.4, -0.2) is 17.4 Å². The van der Waals surface area contributed by atoms with E-state index in [1.54, 1.807) is 18.2 Å². The van der Waals surface area contributed by atoms with Crippen LogP contribution < -0.4 is 4.80 Å². The molecule has 24 heavy (non-hydrogen) atoms. The van der Waals surface area contributed by atoms with Gasteiger partial charge in [0.15, 0.2) is 5.76 Å². The maximum atomic E-state index is 13.8. The molecule has 7 heteroatoms. The van der Waals surface area contributed by atoms with Crippen LogP contribution in [0.5, 0.6) is 0 Å². The Morgan fingerprint density at radius 1 is 1.21 bits per heavy atom. The summed E-state index contributed by atoms with van der Waals surface area (Å²) in [6.45, 7) is 4.03. The predicted octanol–water partition coefficient (Wildman–Crippen LogP) is 4.06. The molecule has 0 unspecified atom stereocenters. The highest BCUT2D eigenvalue weighted by molar-refractivity contribution is 7.07. The van der Waals surface area contributed by atoms with Gasteiger partial charge < -0.3 is 4.42 Å². The Bertz CT molecular complexity index is 919. The van der Waals surface area contributed by atoms with Crippen molar-refractivity contribution in [2.24, 2.45) is 10.1 Å². The van der Waals surface area contributed by atoms with E-state index in [9.17, 15) is 8.78 Å². The minimum atomic E-state index is -0.682. The van der Waals surface area contributed by atoms with E-state index in [1.807, 2.05) is 5.38 Å². The van der Waals surface area contributed by atoms with E-state index >= 15 is 0 Å². The molecule has 3 rings (SSSR count). The molecule has 0 aliphatic rings. The Morgan fingerprint density at radius 3 is 2.67 bits per heavy atom. The van der Waals surface area contributed by atoms with Gasteiger partial charge in [-0.15, -0.1) is 17.9 Å². The summed E-state index contributed by atoms with van der Waals surface area (Å²) in [6, 6.07) is 7.18. The van der Waals surface area contributed by atoms with Gasteiger partial charge >= 0.3 is 0 Å². The lowest BCUT2D eigenvalue weighted by Crippen LogP contribution is -2.12. The van der Waals surface area contributed by atoms with Crippen molar-refractivity contribution in [2.75, 3.05) is 6.54 Å². The van der Waals surface area contributed by atoms with Gasteiger partial charge in [-0.1, -0.05) is 12.1 Å². The molecule has 4 nitrogen and oxygen atoms in total. The van der Waals surface area contributed by atoms with E-state index in [1.165, 1.54) is 40.5 Å². The summed E-state index contributed by atoms with van der Waals surface area (Å²) in [6.07, 6.45) is 4.33. The van der Waals surface area contributed by atoms with Crippen LogP contribution in [0.4, 0.5) is 8.78 Å². The Morgan fingerprint density at radius 2 is 2.00 bits per heavy atom. The summed E-state index contributed by atoms with van der Waals surface area (Å²) in [7, 11) is 0. The summed E-state index contributed by atoms with van der Waals surface area (Å²) in [5.41, 5.74) is 0.428. The molecular weight excluding hydrogens is 332 g/mol. The molecule has 0 saturated heterocycles. The first-order valence-electron chi connectivity index (χ1n) is 7.05. The fourth-order valence-electron chi connectivity index (χ4n) is 2.01. The molecule has 2 heterocycles. The van der Waals surface area contributed by atoms with E-state index in [4.69, 9.17) is 4.42 Å². The number of aromatic nitrogens is 1. The molecule has 0 radical (unpaired) electrons. The molecule has 0 saturated carbocycles. The molecule has 0 aliphatic carbocycles. The Kier molecular flexibility index (Phi) is 4.81. The molecular formula is C17H13F2N3OS. The topological polar surface area (TPSA) is 42.8 Å². The lowest BCUT2D eigenvalue weighted by Gasteiger charge is -2.01. The average Bonchev–Trinajstić information content (AvgIpc) is 3.22. The van der Waals surface area contributed by atoms with Crippen molar-refractivity contribution in [2.45, 2.75) is 0 Å². The lowest BCUT2D eigenvalue weighted by molar-refractivity contribution is 0.574. The number of thiazole rings is 1. The third-order valence-corrected chi connectivity index (χ3v) is 3.97. The van der Waals surface area contributed by atoms with E-state index in [0.717, 1.165) is 6.21 Å². The highest BCUT2D eigenvalue weighted by Gasteiger charge is 2.11. The highest BCUT2D eigenvalue weighted by atomic mass is 32.1. The van der Waals surface area contributed by atoms with Crippen LogP contribution in [-0.2, 0) is 0 Å². The second-order valence-corrected chi connectivity index (χ2v) is 5.54. The standard InChI is InChI=1S/C17H13F2N3OS/c1-2-8-20-17-22(15(11-24-17)16-7-4-9-23-16)21-10-12-13(18)5-3-6-14(12)19/h2-7,9-11H,1,8H2. The summed E-state index contributed by atoms with van der Waals surface area (Å²) in [4.78, 5) is 4.90. The highest BCUT2D eigenvalue weighted by Crippen LogP contribution is 2.20. The Balaban J connectivity index is 2.10. The number of halogens is 2. The largest absolute Gasteiger partial charge is 0.463 e. The molecule has 1 aromatic carbocycles. The number of hydrogen-bond donors (Lipinski definition) is 0. The van der Waals surface area contributed by atoms with Crippen LogP contribution in [0.2, 0.25) is 0 Å². The van der Waals surface area contributed by atoms with Crippen LogP contribution >= 0.6 is 11.3 Å². The van der Waals surface area contributed by atoms with Crippen molar-refractivity contribution < 1.29 is 13.2 Å². The first kappa shape index (κ1) is 16.1. The monoisotopic (exact) mass is 345 g/mol. The van der Waals surface area contributed by atoms with Crippen molar-refractivity contribution in [1.29, 1.82) is 0 Å². The Hall–Kier alpha value is -2.80. The summed E-state index contributed by atoms with van der Waals surface area (Å²) in [5.74, 6) is -0.783. The van der Waals surface area contributed by atoms with Crippen LogP contribution in [0.3, 0.4) is 0 Å². The number of rotatable bonds is 5. The van der Waals surface area contributed by atoms with Gasteiger partial charge in [-0.05, 0) is 24.3 Å². The minimum absolute atomic E-state index is 0.212. The van der Waals surface area contributed by atoms with Crippen LogP contribution in [0, 0.1) is 11.6 Å². The van der Waals surface area contributed by atoms with Crippen molar-refractivity contribution >= 4 is 17.6 Å². The van der Waals surface area contributed by atoms with E-state index in [2.05, 4.69) is 16.7 Å². The number of hydrogen-bond acceptors (Lipinski definition) is 4. The molecule has 0 amide bonds. The van der Waals surface area contributed by atoms with Gasteiger partial charge in [-0.25, -0.2) is 13.5 Å². The van der Waals surface area contributed by atoms with Gasteiger partial charge in [0.25, 0.3) is 0 Å². The van der Waals surface area contributed by atoms with E-state index in [0.29, 0.717) is 22.8 Å². The molecule has 0 bridgehead atoms. The van der Waals surface area contributed by atoms with Crippen LogP contribution in [0.15, 0.2) is 69.1 Å². The number of furan rings is 1. The first-order chi connectivity index (χ1) is 11.7. The summed E-state index contributed by atoms with van der Waals surface area (Å²) >= 11 is 1.35. The third kappa shape index (κ3) is 3.26. The SMILES string of the molecule is C=CCN=c1scc(-c2ccco2)n1N=Cc1c(F)cccc1F. The zero-order valence-corrected chi connectivity index (χ0v) is 13.3. The van der Waals surface area contributed by atoms with Gasteiger partial charge in [0.1, 0.15) is 17.3 Å². The van der Waals surface area contributed by atoms with Crippen molar-refractivity contribution in [3.8, 4) is 11.5 Å². The van der Waals surface area contributed by atoms with Crippen LogP contribution in [0.1, 0.15) is 5.56 Å². The zero-order chi connectivity index (χ0) is 16.9. The van der Waals surface area contributed by atoms with Gasteiger partial charge in [0.2, 0.25) is 4.80 Å². The van der Waals surface area contributed by atoms with Gasteiger partial charge in [0.05, 0.1) is 24.6 Å². The smallest absolute Gasteiger partial charge is 0.206 e. The second-order valence-electron chi connectivity index (χ2n) is 4.70. The first-order valence-corrected chi connectivity index (χ1v) is 7.93. The van der Waals surface area contributed by atoms with E-state index in [-0.39, 0.29) is 5.56 Å². The molecule has 0 fully saturated rings. The summed E-state index contributed by atoms with van der Waals surface area (Å²) in [5, 5.41) is 6.02. The fraction of sp³-hybridized carbons (Fsp3) is 0.0588. The molecule has 3 aromatic rings. The van der Waals surface area contributed by atoms with Gasteiger partial charge in [-0.2, -0.15) is 5.10 Å². The normalized spacial score (nSPS) is 12.2. The van der Waals surface area contributed by atoms with Crippen LogP contribution in [0.25, 0.3) is 11.5 Å². The second kappa shape index (κ2) is 7.18. The molecule has 0 spiro atoms. The Labute approximate surface area is 140 Å². The third-order valence-electron chi connectivity index (χ3n) is 3.12. The molecule has 0 aliphatic heterocycles. The molecule has 122 valence electrons. The predicted molar refractivity (Wildman–Crippen MR) is 90.0 cm³/mol. The average molecular weight is 345 g/mol. The number of benzene rings is 1. The van der Waals surface area contributed by atoms with Crippen molar-refractivity contribution in [3.05, 3.63) is 76.6 Å². The molecule has 0 atom stereocenters. The maximum absolute atomic E-state index is 13.8. The summed E-state index contributed by atoms with van der Waals surface area (Å²) < 4.78 is 34.4. The van der Waals surface area contributed by atoms with Crippen molar-refractivity contribution in [1.82, 2.24) is 4.68 Å². The maximum Gasteiger partial charge on any atom is 0.206 e. The molecule has 0 N–H and O–H groups in total. The van der Waals surface area contributed by atoms with Crippen molar-refractivity contribution in [3.63, 3.8) is 0 Å². The van der Waals surface area contributed by atoms with E-state index < -0.39 is 11.6 Å². The zero-order valence-electron chi connectivity index (χ0n) is 12.5.